The lowest BCUT2D eigenvalue weighted by molar-refractivity contribution is -0.120. The van der Waals surface area contributed by atoms with E-state index >= 15 is 0 Å². The summed E-state index contributed by atoms with van der Waals surface area (Å²) < 4.78 is 0. The molecule has 72 heavy (non-hydrogen) atoms. The van der Waals surface area contributed by atoms with E-state index in [0.29, 0.717) is 42.2 Å². The summed E-state index contributed by atoms with van der Waals surface area (Å²) in [6.45, 7) is 20.5. The zero-order chi connectivity index (χ0) is 50.7. The number of nitrogens with zero attached hydrogens (tertiary/aromatic N) is 5. The highest BCUT2D eigenvalue weighted by atomic mass is 16.2. The molecule has 0 bridgehead atoms. The first-order valence-electron chi connectivity index (χ1n) is 26.6. The SMILES string of the molecule is C/C=C1\C(=O)N(C2CCN(Cc3ccccc3)C[C@H]2C)c2ccccc21.CC=O.CCC1C(=O)N(C2CCNC[C@H]2C)c2ccccc21.C[C@@H]1CN(Cc2ccccc2)CCC1N1C(=O)Cc2ccccc21.[HH]. The van der Waals surface area contributed by atoms with E-state index < -0.39 is 0 Å². The summed E-state index contributed by atoms with van der Waals surface area (Å²) in [6.07, 6.45) is 7.28. The number of hydrogen-bond donors (Lipinski definition) is 1. The second-order valence-electron chi connectivity index (χ2n) is 20.6. The zero-order valence-corrected chi connectivity index (χ0v) is 43.5. The maximum atomic E-state index is 13.1. The summed E-state index contributed by atoms with van der Waals surface area (Å²) >= 11 is 0. The highest BCUT2D eigenvalue weighted by molar-refractivity contribution is 6.32. The summed E-state index contributed by atoms with van der Waals surface area (Å²) in [7, 11) is 0. The number of benzene rings is 5. The fraction of sp³-hybridized carbons (Fsp3) is 0.419. The lowest BCUT2D eigenvalue weighted by atomic mass is 9.92. The third-order valence-corrected chi connectivity index (χ3v) is 15.7. The van der Waals surface area contributed by atoms with Gasteiger partial charge in [-0.15, -0.1) is 0 Å². The number of piperidine rings is 3. The van der Waals surface area contributed by atoms with E-state index in [1.54, 1.807) is 0 Å². The zero-order valence-electron chi connectivity index (χ0n) is 43.5. The molecule has 0 radical (unpaired) electrons. The molecule has 1 N–H and O–H groups in total. The molecule has 0 saturated carbocycles. The number of carbonyl (C=O) groups excluding carboxylic acids is 4. The molecule has 3 fully saturated rings. The van der Waals surface area contributed by atoms with Gasteiger partial charge in [-0.05, 0) is 111 Å². The molecule has 0 spiro atoms. The lowest BCUT2D eigenvalue weighted by Gasteiger charge is -2.41. The number of hydrogen-bond acceptors (Lipinski definition) is 7. The summed E-state index contributed by atoms with van der Waals surface area (Å²) in [5.41, 5.74) is 10.4. The Labute approximate surface area is 430 Å². The molecule has 0 aromatic heterocycles. The van der Waals surface area contributed by atoms with Crippen molar-refractivity contribution in [2.75, 3.05) is 54.0 Å². The number of likely N-dealkylation sites (tertiary alicyclic amines) is 2. The van der Waals surface area contributed by atoms with Gasteiger partial charge in [-0.3, -0.25) is 24.2 Å². The maximum Gasteiger partial charge on any atom is 0.258 e. The molecule has 6 heterocycles. The molecule has 3 amide bonds. The molecule has 11 rings (SSSR count). The first kappa shape index (κ1) is 52.1. The van der Waals surface area contributed by atoms with Gasteiger partial charge in [-0.1, -0.05) is 149 Å². The summed E-state index contributed by atoms with van der Waals surface area (Å²) in [5.74, 6) is 2.26. The van der Waals surface area contributed by atoms with E-state index in [1.165, 1.54) is 29.2 Å². The molecule has 7 atom stereocenters. The Hall–Kier alpha value is -6.20. The van der Waals surface area contributed by atoms with Crippen LogP contribution < -0.4 is 20.0 Å². The van der Waals surface area contributed by atoms with Gasteiger partial charge in [-0.25, -0.2) is 0 Å². The van der Waals surface area contributed by atoms with Crippen LogP contribution in [0.5, 0.6) is 0 Å². The summed E-state index contributed by atoms with van der Waals surface area (Å²) in [5, 5.41) is 3.41. The van der Waals surface area contributed by atoms with E-state index in [-0.39, 0.29) is 25.2 Å². The van der Waals surface area contributed by atoms with Crippen LogP contribution in [0.25, 0.3) is 5.57 Å². The van der Waals surface area contributed by atoms with Gasteiger partial charge >= 0.3 is 0 Å². The van der Waals surface area contributed by atoms with Gasteiger partial charge in [0.25, 0.3) is 5.91 Å². The van der Waals surface area contributed by atoms with Crippen LogP contribution in [-0.4, -0.2) is 91.2 Å². The van der Waals surface area contributed by atoms with Gasteiger partial charge in [0.15, 0.2) is 0 Å². The number of carbonyl (C=O) groups is 4. The molecule has 10 nitrogen and oxygen atoms in total. The molecule has 380 valence electrons. The number of amides is 3. The Kier molecular flexibility index (Phi) is 17.7. The second kappa shape index (κ2) is 24.5. The maximum absolute atomic E-state index is 13.1. The molecule has 6 aliphatic heterocycles. The summed E-state index contributed by atoms with van der Waals surface area (Å²) in [4.78, 5) is 58.4. The Balaban J connectivity index is 0.000000157. The van der Waals surface area contributed by atoms with Crippen molar-refractivity contribution in [3.05, 3.63) is 167 Å². The van der Waals surface area contributed by atoms with Crippen LogP contribution in [-0.2, 0) is 38.7 Å². The first-order chi connectivity index (χ1) is 35.1. The van der Waals surface area contributed by atoms with Crippen LogP contribution in [0.3, 0.4) is 0 Å². The number of anilines is 3. The van der Waals surface area contributed by atoms with Gasteiger partial charge in [0, 0.05) is 81.3 Å². The smallest absolute Gasteiger partial charge is 0.258 e. The largest absolute Gasteiger partial charge is 0.316 e. The first-order valence-corrected chi connectivity index (χ1v) is 26.6. The van der Waals surface area contributed by atoms with Gasteiger partial charge < -0.3 is 24.8 Å². The predicted octanol–water partition coefficient (Wildman–Crippen LogP) is 10.8. The quantitative estimate of drug-likeness (QED) is 0.122. The normalized spacial score (nSPS) is 25.3. The minimum atomic E-state index is 0. The number of para-hydroxylation sites is 3. The van der Waals surface area contributed by atoms with E-state index in [0.717, 1.165) is 113 Å². The lowest BCUT2D eigenvalue weighted by Crippen LogP contribution is -2.51. The highest BCUT2D eigenvalue weighted by Crippen LogP contribution is 2.43. The fourth-order valence-electron chi connectivity index (χ4n) is 12.2. The Morgan fingerprint density at radius 2 is 1.11 bits per heavy atom. The molecular weight excluding hydrogens is 893 g/mol. The highest BCUT2D eigenvalue weighted by Gasteiger charge is 2.43. The van der Waals surface area contributed by atoms with Crippen molar-refractivity contribution >= 4 is 46.6 Å². The van der Waals surface area contributed by atoms with Crippen molar-refractivity contribution in [1.82, 2.24) is 15.1 Å². The molecule has 6 aliphatic rings. The minimum absolute atomic E-state index is 0. The molecule has 10 heteroatoms. The van der Waals surface area contributed by atoms with Gasteiger partial charge in [0.2, 0.25) is 11.8 Å². The van der Waals surface area contributed by atoms with Crippen LogP contribution in [0.1, 0.15) is 102 Å². The van der Waals surface area contributed by atoms with Gasteiger partial charge in [0.05, 0.1) is 18.0 Å². The fourth-order valence-corrected chi connectivity index (χ4v) is 12.2. The van der Waals surface area contributed by atoms with Gasteiger partial charge in [-0.2, -0.15) is 0 Å². The van der Waals surface area contributed by atoms with E-state index in [4.69, 9.17) is 4.79 Å². The van der Waals surface area contributed by atoms with Crippen LogP contribution in [0.2, 0.25) is 0 Å². The van der Waals surface area contributed by atoms with Crippen molar-refractivity contribution in [3.63, 3.8) is 0 Å². The Morgan fingerprint density at radius 3 is 1.68 bits per heavy atom. The number of allylic oxidation sites excluding steroid dienone is 1. The topological polar surface area (TPSA) is 96.5 Å². The molecule has 5 aromatic rings. The van der Waals surface area contributed by atoms with E-state index in [9.17, 15) is 14.4 Å². The Morgan fingerprint density at radius 1 is 0.597 bits per heavy atom. The van der Waals surface area contributed by atoms with E-state index in [1.807, 2.05) is 49.4 Å². The van der Waals surface area contributed by atoms with Crippen LogP contribution in [0, 0.1) is 17.8 Å². The van der Waals surface area contributed by atoms with Crippen LogP contribution in [0.15, 0.2) is 140 Å². The Bertz CT molecular complexity index is 2660. The third kappa shape index (κ3) is 11.5. The van der Waals surface area contributed by atoms with E-state index in [2.05, 4.69) is 155 Å². The average molecular weight is 971 g/mol. The number of nitrogens with one attached hydrogen (secondary N) is 1. The standard InChI is InChI=1S/C23H26N2O.C21H24N2O.C16H22N2O.C2H4O.H2/c1-3-19-20-11-7-8-12-22(20)25(23(19)26)21-13-14-24(15-17(21)2)16-18-9-5-4-6-10-18;1-16-14-22(15-17-7-3-2-4-8-17)12-11-19(16)23-20-10-6-5-9-18(20)13-21(23)24;1-3-12-13-6-4-5-7-15(13)18(16(12)19)14-8-9-17-10-11(14)2;1-2-3;/h3-12,17,21H,13-16H2,1-2H3;2-10,16,19H,11-15H2,1H3;4-7,11-12,14,17H,3,8-10H2,1-2H3;2H,1H3;1H/b19-3-;;;;/t17-,21?;16-,19?;11-,12?,14?;;/m111../s1. The number of aldehydes is 1. The molecule has 0 aliphatic carbocycles. The third-order valence-electron chi connectivity index (χ3n) is 15.7. The molecular formula is C62H78N6O4. The van der Waals surface area contributed by atoms with Crippen molar-refractivity contribution in [2.45, 2.75) is 111 Å². The summed E-state index contributed by atoms with van der Waals surface area (Å²) in [6, 6.07) is 47.0. The van der Waals surface area contributed by atoms with Gasteiger partial charge in [0.1, 0.15) is 6.29 Å². The monoisotopic (exact) mass is 971 g/mol. The van der Waals surface area contributed by atoms with Crippen molar-refractivity contribution in [3.8, 4) is 0 Å². The molecule has 4 unspecified atom stereocenters. The second-order valence-corrected chi connectivity index (χ2v) is 20.6. The molecule has 5 aromatic carbocycles. The van der Waals surface area contributed by atoms with Crippen molar-refractivity contribution in [1.29, 1.82) is 0 Å². The van der Waals surface area contributed by atoms with Crippen molar-refractivity contribution in [2.24, 2.45) is 17.8 Å². The molecule has 3 saturated heterocycles. The van der Waals surface area contributed by atoms with Crippen molar-refractivity contribution < 1.29 is 20.6 Å². The average Bonchev–Trinajstić information content (AvgIpc) is 3.99. The predicted molar refractivity (Wildman–Crippen MR) is 295 cm³/mol. The minimum Gasteiger partial charge on any atom is -0.316 e. The number of rotatable bonds is 8. The van der Waals surface area contributed by atoms with Crippen LogP contribution in [0.4, 0.5) is 17.1 Å². The number of fused-ring (bicyclic) bond motifs is 3. The van der Waals surface area contributed by atoms with Crippen LogP contribution >= 0.6 is 0 Å².